The molecule has 1 aromatic carbocycles. The molecular weight excluding hydrogens is 228 g/mol. The molecule has 0 heterocycles. The summed E-state index contributed by atoms with van der Waals surface area (Å²) in [5.41, 5.74) is 7.36. The van der Waals surface area contributed by atoms with Gasteiger partial charge in [-0.1, -0.05) is 17.7 Å². The van der Waals surface area contributed by atoms with E-state index in [1.165, 1.54) is 0 Å². The number of benzene rings is 1. The summed E-state index contributed by atoms with van der Waals surface area (Å²) in [6.07, 6.45) is 0.807. The summed E-state index contributed by atoms with van der Waals surface area (Å²) < 4.78 is 5.03. The molecule has 0 atom stereocenters. The van der Waals surface area contributed by atoms with Crippen molar-refractivity contribution in [1.29, 1.82) is 0 Å². The summed E-state index contributed by atoms with van der Waals surface area (Å²) in [4.78, 5) is 14.1. The quantitative estimate of drug-likeness (QED) is 0.796. The average molecular weight is 250 g/mol. The zero-order chi connectivity index (χ0) is 13.4. The molecule has 1 rings (SSSR count). The summed E-state index contributed by atoms with van der Waals surface area (Å²) >= 11 is 0. The minimum atomic E-state index is 0.0421. The number of carbonyl (C=O) groups excluding carboxylic acids is 1. The van der Waals surface area contributed by atoms with Gasteiger partial charge in [-0.2, -0.15) is 0 Å². The van der Waals surface area contributed by atoms with Crippen LogP contribution in [0.4, 0.5) is 0 Å². The Kier molecular flexibility index (Phi) is 6.39. The molecule has 0 aliphatic rings. The van der Waals surface area contributed by atoms with Crippen LogP contribution in [0.5, 0.6) is 0 Å². The maximum Gasteiger partial charge on any atom is 0.253 e. The molecular formula is C14H22N2O2. The van der Waals surface area contributed by atoms with Gasteiger partial charge in [-0.25, -0.2) is 0 Å². The number of hydrogen-bond donors (Lipinski definition) is 1. The van der Waals surface area contributed by atoms with E-state index in [1.807, 2.05) is 31.2 Å². The molecule has 18 heavy (non-hydrogen) atoms. The molecule has 100 valence electrons. The van der Waals surface area contributed by atoms with Crippen molar-refractivity contribution >= 4 is 5.91 Å². The van der Waals surface area contributed by atoms with E-state index in [4.69, 9.17) is 10.5 Å². The predicted molar refractivity (Wildman–Crippen MR) is 72.6 cm³/mol. The van der Waals surface area contributed by atoms with Crippen LogP contribution < -0.4 is 5.73 Å². The van der Waals surface area contributed by atoms with Crippen LogP contribution in [-0.4, -0.2) is 44.2 Å². The highest BCUT2D eigenvalue weighted by Crippen LogP contribution is 2.07. The van der Waals surface area contributed by atoms with Gasteiger partial charge in [0.15, 0.2) is 0 Å². The van der Waals surface area contributed by atoms with Gasteiger partial charge in [0.05, 0.1) is 6.61 Å². The molecule has 4 heteroatoms. The Balaban J connectivity index is 2.70. The third-order valence-electron chi connectivity index (χ3n) is 2.78. The van der Waals surface area contributed by atoms with Crippen LogP contribution in [0.25, 0.3) is 0 Å². The number of rotatable bonds is 7. The summed E-state index contributed by atoms with van der Waals surface area (Å²) in [7, 11) is 1.64. The highest BCUT2D eigenvalue weighted by atomic mass is 16.5. The Hall–Kier alpha value is -1.39. The lowest BCUT2D eigenvalue weighted by atomic mass is 10.1. The minimum absolute atomic E-state index is 0.0421. The first-order chi connectivity index (χ1) is 8.69. The van der Waals surface area contributed by atoms with Gasteiger partial charge >= 0.3 is 0 Å². The fraction of sp³-hybridized carbons (Fsp3) is 0.500. The molecule has 0 spiro atoms. The molecule has 0 bridgehead atoms. The van der Waals surface area contributed by atoms with Crippen molar-refractivity contribution < 1.29 is 9.53 Å². The van der Waals surface area contributed by atoms with Gasteiger partial charge in [0, 0.05) is 25.8 Å². The number of ether oxygens (including phenoxy) is 1. The lowest BCUT2D eigenvalue weighted by Gasteiger charge is -2.22. The van der Waals surface area contributed by atoms with Crippen LogP contribution in [0, 0.1) is 6.92 Å². The second kappa shape index (κ2) is 7.84. The molecule has 0 fully saturated rings. The van der Waals surface area contributed by atoms with Crippen LogP contribution in [0.15, 0.2) is 24.3 Å². The second-order valence-electron chi connectivity index (χ2n) is 4.29. The maximum atomic E-state index is 12.3. The summed E-state index contributed by atoms with van der Waals surface area (Å²) in [5.74, 6) is 0.0421. The van der Waals surface area contributed by atoms with Crippen molar-refractivity contribution in [2.75, 3.05) is 33.4 Å². The first-order valence-electron chi connectivity index (χ1n) is 6.24. The largest absolute Gasteiger partial charge is 0.383 e. The highest BCUT2D eigenvalue weighted by molar-refractivity contribution is 5.94. The van der Waals surface area contributed by atoms with E-state index >= 15 is 0 Å². The van der Waals surface area contributed by atoms with E-state index in [-0.39, 0.29) is 5.91 Å². The van der Waals surface area contributed by atoms with Gasteiger partial charge in [0.2, 0.25) is 0 Å². The molecule has 0 unspecified atom stereocenters. The van der Waals surface area contributed by atoms with Gasteiger partial charge in [-0.15, -0.1) is 0 Å². The molecule has 2 N–H and O–H groups in total. The van der Waals surface area contributed by atoms with Crippen molar-refractivity contribution in [2.24, 2.45) is 5.73 Å². The average Bonchev–Trinajstić information content (AvgIpc) is 2.39. The monoisotopic (exact) mass is 250 g/mol. The van der Waals surface area contributed by atoms with Crippen molar-refractivity contribution in [1.82, 2.24) is 4.90 Å². The van der Waals surface area contributed by atoms with Gasteiger partial charge in [-0.3, -0.25) is 4.79 Å². The maximum absolute atomic E-state index is 12.3. The number of nitrogens with zero attached hydrogens (tertiary/aromatic N) is 1. The van der Waals surface area contributed by atoms with E-state index in [0.717, 1.165) is 12.0 Å². The molecule has 0 aliphatic carbocycles. The smallest absolute Gasteiger partial charge is 0.253 e. The van der Waals surface area contributed by atoms with Crippen molar-refractivity contribution in [3.63, 3.8) is 0 Å². The van der Waals surface area contributed by atoms with Gasteiger partial charge in [-0.05, 0) is 32.0 Å². The van der Waals surface area contributed by atoms with Crippen molar-refractivity contribution in [3.8, 4) is 0 Å². The second-order valence-corrected chi connectivity index (χ2v) is 4.29. The molecule has 1 amide bonds. The fourth-order valence-electron chi connectivity index (χ4n) is 1.68. The summed E-state index contributed by atoms with van der Waals surface area (Å²) in [5, 5.41) is 0. The van der Waals surface area contributed by atoms with Gasteiger partial charge < -0.3 is 15.4 Å². The molecule has 4 nitrogen and oxygen atoms in total. The Morgan fingerprint density at radius 2 is 1.94 bits per heavy atom. The summed E-state index contributed by atoms with van der Waals surface area (Å²) in [6, 6.07) is 7.62. The van der Waals surface area contributed by atoms with Gasteiger partial charge in [0.1, 0.15) is 0 Å². The van der Waals surface area contributed by atoms with Crippen LogP contribution >= 0.6 is 0 Å². The molecule has 0 saturated heterocycles. The van der Waals surface area contributed by atoms with E-state index in [0.29, 0.717) is 31.8 Å². The van der Waals surface area contributed by atoms with E-state index in [2.05, 4.69) is 0 Å². The number of carbonyl (C=O) groups is 1. The molecule has 0 aromatic heterocycles. The predicted octanol–water partition coefficient (Wildman–Crippen LogP) is 1.43. The zero-order valence-electron chi connectivity index (χ0n) is 11.2. The zero-order valence-corrected chi connectivity index (χ0v) is 11.2. The highest BCUT2D eigenvalue weighted by Gasteiger charge is 2.14. The van der Waals surface area contributed by atoms with Crippen molar-refractivity contribution in [2.45, 2.75) is 13.3 Å². The molecule has 1 aromatic rings. The Bertz CT molecular complexity index is 355. The van der Waals surface area contributed by atoms with E-state index in [9.17, 15) is 4.79 Å². The SMILES string of the molecule is COCCN(CCCN)C(=O)c1ccc(C)cc1. The molecule has 0 radical (unpaired) electrons. The van der Waals surface area contributed by atoms with Crippen LogP contribution in [0.1, 0.15) is 22.3 Å². The molecule has 0 aliphatic heterocycles. The number of amides is 1. The first-order valence-corrected chi connectivity index (χ1v) is 6.24. The van der Waals surface area contributed by atoms with Crippen LogP contribution in [0.2, 0.25) is 0 Å². The topological polar surface area (TPSA) is 55.6 Å². The summed E-state index contributed by atoms with van der Waals surface area (Å²) in [6.45, 7) is 4.41. The van der Waals surface area contributed by atoms with Gasteiger partial charge in [0.25, 0.3) is 5.91 Å². The number of nitrogens with two attached hydrogens (primary N) is 1. The minimum Gasteiger partial charge on any atom is -0.383 e. The first kappa shape index (κ1) is 14.7. The van der Waals surface area contributed by atoms with Crippen LogP contribution in [0.3, 0.4) is 0 Å². The Morgan fingerprint density at radius 3 is 2.50 bits per heavy atom. The number of aryl methyl sites for hydroxylation is 1. The lowest BCUT2D eigenvalue weighted by molar-refractivity contribution is 0.0694. The van der Waals surface area contributed by atoms with E-state index < -0.39 is 0 Å². The molecule has 0 saturated carbocycles. The third kappa shape index (κ3) is 4.47. The number of hydrogen-bond acceptors (Lipinski definition) is 3. The van der Waals surface area contributed by atoms with Crippen LogP contribution in [-0.2, 0) is 4.74 Å². The third-order valence-corrected chi connectivity index (χ3v) is 2.78. The Morgan fingerprint density at radius 1 is 1.28 bits per heavy atom. The van der Waals surface area contributed by atoms with Crippen molar-refractivity contribution in [3.05, 3.63) is 35.4 Å². The normalized spacial score (nSPS) is 10.4. The fourth-order valence-corrected chi connectivity index (χ4v) is 1.68. The number of methoxy groups -OCH3 is 1. The van der Waals surface area contributed by atoms with E-state index in [1.54, 1.807) is 12.0 Å². The standard InChI is InChI=1S/C14H22N2O2/c1-12-4-6-13(7-5-12)14(17)16(9-3-8-15)10-11-18-2/h4-7H,3,8-11,15H2,1-2H3. The Labute approximate surface area is 109 Å². The lowest BCUT2D eigenvalue weighted by Crippen LogP contribution is -2.35.